The maximum Gasteiger partial charge on any atom is 0.166 e. The van der Waals surface area contributed by atoms with E-state index in [0.29, 0.717) is 6.04 Å². The van der Waals surface area contributed by atoms with Crippen LogP contribution in [0.5, 0.6) is 0 Å². The average molecular weight is 337 g/mol. The molecule has 0 aliphatic carbocycles. The molecule has 0 radical (unpaired) electrons. The Hall–Kier alpha value is -1.17. The van der Waals surface area contributed by atoms with Gasteiger partial charge in [0.2, 0.25) is 0 Å². The molecule has 0 saturated carbocycles. The predicted molar refractivity (Wildman–Crippen MR) is 99.9 cm³/mol. The molecule has 4 nitrogen and oxygen atoms in total. The molecule has 128 valence electrons. The number of thiocarbonyl (C=S) groups is 1. The molecule has 0 aromatic heterocycles. The summed E-state index contributed by atoms with van der Waals surface area (Å²) in [6.45, 7) is 5.73. The van der Waals surface area contributed by atoms with Crippen LogP contribution in [-0.2, 0) is 6.54 Å². The van der Waals surface area contributed by atoms with Gasteiger partial charge in [-0.1, -0.05) is 30.3 Å². The van der Waals surface area contributed by atoms with E-state index in [2.05, 4.69) is 55.1 Å². The van der Waals surface area contributed by atoms with Gasteiger partial charge in [-0.05, 0) is 12.2 Å². The van der Waals surface area contributed by atoms with E-state index in [1.807, 2.05) is 0 Å². The topological polar surface area (TPSA) is 32.9 Å². The van der Waals surface area contributed by atoms with Crippen molar-refractivity contribution < 1.29 is 9.80 Å². The summed E-state index contributed by atoms with van der Waals surface area (Å²) < 4.78 is 0. The molecule has 5 heteroatoms. The van der Waals surface area contributed by atoms with Crippen LogP contribution in [0.2, 0.25) is 0 Å². The molecule has 1 fully saturated rings. The number of nitrogens with one attached hydrogen (secondary N) is 4. The molecule has 1 heterocycles. The van der Waals surface area contributed by atoms with Gasteiger partial charge < -0.3 is 20.4 Å². The molecule has 2 rings (SSSR count). The van der Waals surface area contributed by atoms with E-state index in [1.54, 1.807) is 4.90 Å². The van der Waals surface area contributed by atoms with E-state index in [-0.39, 0.29) is 0 Å². The van der Waals surface area contributed by atoms with Gasteiger partial charge in [0, 0.05) is 37.4 Å². The Balaban J connectivity index is 1.60. The standard InChI is InChI=1S/C18H30N4S/c1-21(2)12-6-11-19-18(23)20-17-9-13-22(14-10-17)15-16-7-4-3-5-8-16/h3-5,7-8,17H,6,9-15H2,1-2H3,(H2,19,20,23)/p+2. The molecule has 23 heavy (non-hydrogen) atoms. The van der Waals surface area contributed by atoms with Crippen LogP contribution in [0.4, 0.5) is 0 Å². The molecule has 0 atom stereocenters. The molecule has 1 aliphatic heterocycles. The summed E-state index contributed by atoms with van der Waals surface area (Å²) in [6.07, 6.45) is 3.56. The Morgan fingerprint density at radius 1 is 1.22 bits per heavy atom. The molecule has 0 spiro atoms. The van der Waals surface area contributed by atoms with E-state index in [0.717, 1.165) is 24.6 Å². The fourth-order valence-electron chi connectivity index (χ4n) is 3.11. The number of rotatable bonds is 7. The van der Waals surface area contributed by atoms with Crippen molar-refractivity contribution in [3.05, 3.63) is 35.9 Å². The molecule has 1 aliphatic rings. The fourth-order valence-corrected chi connectivity index (χ4v) is 3.38. The number of hydrogen-bond donors (Lipinski definition) is 4. The lowest BCUT2D eigenvalue weighted by Crippen LogP contribution is -3.12. The van der Waals surface area contributed by atoms with Crippen LogP contribution in [0, 0.1) is 0 Å². The summed E-state index contributed by atoms with van der Waals surface area (Å²) in [4.78, 5) is 3.17. The first kappa shape index (κ1) is 18.2. The lowest BCUT2D eigenvalue weighted by atomic mass is 10.0. The number of piperidine rings is 1. The van der Waals surface area contributed by atoms with Crippen LogP contribution >= 0.6 is 12.2 Å². The lowest BCUT2D eigenvalue weighted by Gasteiger charge is -2.30. The number of benzene rings is 1. The van der Waals surface area contributed by atoms with Gasteiger partial charge >= 0.3 is 0 Å². The summed E-state index contributed by atoms with van der Waals surface area (Å²) >= 11 is 5.41. The third-order valence-corrected chi connectivity index (χ3v) is 4.73. The normalized spacial score (nSPS) is 21.2. The first-order chi connectivity index (χ1) is 11.1. The molecule has 0 bridgehead atoms. The highest BCUT2D eigenvalue weighted by atomic mass is 32.1. The molecular formula is C18H32N4S+2. The SMILES string of the molecule is C[NH+](C)CCCNC(=S)NC1CC[NH+](Cc2ccccc2)CC1. The zero-order valence-electron chi connectivity index (χ0n) is 14.5. The van der Waals surface area contributed by atoms with E-state index < -0.39 is 0 Å². The lowest BCUT2D eigenvalue weighted by molar-refractivity contribution is -0.918. The van der Waals surface area contributed by atoms with Crippen LogP contribution in [0.25, 0.3) is 0 Å². The highest BCUT2D eigenvalue weighted by molar-refractivity contribution is 7.80. The van der Waals surface area contributed by atoms with E-state index in [9.17, 15) is 0 Å². The van der Waals surface area contributed by atoms with Crippen LogP contribution in [0.1, 0.15) is 24.8 Å². The second-order valence-electron chi connectivity index (χ2n) is 6.90. The van der Waals surface area contributed by atoms with Crippen molar-refractivity contribution >= 4 is 17.3 Å². The summed E-state index contributed by atoms with van der Waals surface area (Å²) in [6, 6.07) is 11.3. The van der Waals surface area contributed by atoms with Crippen LogP contribution in [0.3, 0.4) is 0 Å². The Morgan fingerprint density at radius 2 is 1.91 bits per heavy atom. The van der Waals surface area contributed by atoms with Gasteiger partial charge in [0.15, 0.2) is 5.11 Å². The van der Waals surface area contributed by atoms with Gasteiger partial charge in [-0.3, -0.25) is 0 Å². The highest BCUT2D eigenvalue weighted by Gasteiger charge is 2.22. The minimum Gasteiger partial charge on any atom is -0.363 e. The molecule has 1 aromatic rings. The molecule has 1 aromatic carbocycles. The Bertz CT molecular complexity index is 455. The monoisotopic (exact) mass is 336 g/mol. The molecular weight excluding hydrogens is 304 g/mol. The maximum atomic E-state index is 5.41. The number of hydrogen-bond acceptors (Lipinski definition) is 1. The fraction of sp³-hybridized carbons (Fsp3) is 0.611. The quantitative estimate of drug-likeness (QED) is 0.390. The summed E-state index contributed by atoms with van der Waals surface area (Å²) in [5, 5.41) is 7.66. The largest absolute Gasteiger partial charge is 0.363 e. The molecule has 0 amide bonds. The van der Waals surface area contributed by atoms with Crippen molar-refractivity contribution in [1.29, 1.82) is 0 Å². The second kappa shape index (κ2) is 9.85. The van der Waals surface area contributed by atoms with Crippen LogP contribution < -0.4 is 20.4 Å². The first-order valence-electron chi connectivity index (χ1n) is 8.84. The maximum absolute atomic E-state index is 5.41. The number of likely N-dealkylation sites (tertiary alicyclic amines) is 1. The van der Waals surface area contributed by atoms with Gasteiger partial charge in [-0.2, -0.15) is 0 Å². The smallest absolute Gasteiger partial charge is 0.166 e. The van der Waals surface area contributed by atoms with Gasteiger partial charge in [-0.15, -0.1) is 0 Å². The minimum absolute atomic E-state index is 0.536. The van der Waals surface area contributed by atoms with E-state index >= 15 is 0 Å². The second-order valence-corrected chi connectivity index (χ2v) is 7.31. The average Bonchev–Trinajstić information content (AvgIpc) is 2.54. The Morgan fingerprint density at radius 3 is 2.57 bits per heavy atom. The summed E-state index contributed by atoms with van der Waals surface area (Å²) in [5.41, 5.74) is 1.44. The third-order valence-electron chi connectivity index (χ3n) is 4.46. The zero-order valence-corrected chi connectivity index (χ0v) is 15.3. The number of quaternary nitrogens is 2. The van der Waals surface area contributed by atoms with Crippen LogP contribution in [-0.4, -0.2) is 51.4 Å². The molecule has 0 unspecified atom stereocenters. The molecule has 1 saturated heterocycles. The Labute approximate surface area is 146 Å². The molecule has 4 N–H and O–H groups in total. The van der Waals surface area contributed by atoms with Crippen molar-refractivity contribution in [2.45, 2.75) is 31.8 Å². The van der Waals surface area contributed by atoms with E-state index in [1.165, 1.54) is 42.9 Å². The van der Waals surface area contributed by atoms with Crippen molar-refractivity contribution in [3.8, 4) is 0 Å². The Kier molecular flexibility index (Phi) is 7.79. The van der Waals surface area contributed by atoms with Gasteiger partial charge in [-0.25, -0.2) is 0 Å². The van der Waals surface area contributed by atoms with E-state index in [4.69, 9.17) is 12.2 Å². The van der Waals surface area contributed by atoms with Crippen molar-refractivity contribution in [2.75, 3.05) is 40.3 Å². The predicted octanol–water partition coefficient (Wildman–Crippen LogP) is -0.767. The highest BCUT2D eigenvalue weighted by Crippen LogP contribution is 2.01. The summed E-state index contributed by atoms with van der Waals surface area (Å²) in [5.74, 6) is 0. The van der Waals surface area contributed by atoms with Gasteiger partial charge in [0.05, 0.1) is 33.7 Å². The van der Waals surface area contributed by atoms with Crippen LogP contribution in [0.15, 0.2) is 30.3 Å². The first-order valence-corrected chi connectivity index (χ1v) is 9.25. The van der Waals surface area contributed by atoms with Gasteiger partial charge in [0.25, 0.3) is 0 Å². The summed E-state index contributed by atoms with van der Waals surface area (Å²) in [7, 11) is 4.37. The van der Waals surface area contributed by atoms with Crippen molar-refractivity contribution in [1.82, 2.24) is 10.6 Å². The van der Waals surface area contributed by atoms with Crippen molar-refractivity contribution in [3.63, 3.8) is 0 Å². The third kappa shape index (κ3) is 7.29. The van der Waals surface area contributed by atoms with Gasteiger partial charge in [0.1, 0.15) is 6.54 Å². The minimum atomic E-state index is 0.536. The zero-order chi connectivity index (χ0) is 16.5. The van der Waals surface area contributed by atoms with Crippen molar-refractivity contribution in [2.24, 2.45) is 0 Å².